The molecule has 0 aliphatic heterocycles. The number of likely N-dealkylation sites (N-methyl/N-ethyl adjacent to an activating group) is 1. The Morgan fingerprint density at radius 2 is 1.84 bits per heavy atom. The van der Waals surface area contributed by atoms with E-state index in [1.165, 1.54) is 22.3 Å². The van der Waals surface area contributed by atoms with Crippen LogP contribution in [0.1, 0.15) is 22.3 Å². The van der Waals surface area contributed by atoms with Crippen molar-refractivity contribution in [2.45, 2.75) is 33.2 Å². The van der Waals surface area contributed by atoms with E-state index >= 15 is 0 Å². The van der Waals surface area contributed by atoms with Crippen LogP contribution in [0.2, 0.25) is 0 Å². The first kappa shape index (κ1) is 15.7. The third-order valence-corrected chi connectivity index (χ3v) is 3.43. The first-order valence-electron chi connectivity index (χ1n) is 6.55. The second kappa shape index (κ2) is 6.68. The zero-order valence-electron chi connectivity index (χ0n) is 12.2. The number of nitrogens with two attached hydrogens (primary N) is 1. The highest BCUT2D eigenvalue weighted by Crippen LogP contribution is 2.17. The van der Waals surface area contributed by atoms with Crippen molar-refractivity contribution in [3.63, 3.8) is 0 Å². The lowest BCUT2D eigenvalue weighted by molar-refractivity contribution is -0.132. The molecule has 0 aromatic heterocycles. The van der Waals surface area contributed by atoms with Crippen LogP contribution in [-0.2, 0) is 11.2 Å². The van der Waals surface area contributed by atoms with E-state index in [0.29, 0.717) is 6.54 Å². The number of amides is 1. The van der Waals surface area contributed by atoms with Gasteiger partial charge in [0.15, 0.2) is 0 Å². The topological polar surface area (TPSA) is 66.6 Å². The molecule has 1 unspecified atom stereocenters. The number of carbonyl (C=O) groups excluding carboxylic acids is 1. The minimum Gasteiger partial charge on any atom is -0.394 e. The fourth-order valence-corrected chi connectivity index (χ4v) is 2.36. The van der Waals surface area contributed by atoms with Gasteiger partial charge in [0.05, 0.1) is 6.61 Å². The van der Waals surface area contributed by atoms with E-state index in [1.807, 2.05) is 0 Å². The zero-order valence-corrected chi connectivity index (χ0v) is 12.2. The van der Waals surface area contributed by atoms with Crippen molar-refractivity contribution in [3.8, 4) is 0 Å². The third kappa shape index (κ3) is 4.04. The van der Waals surface area contributed by atoms with Gasteiger partial charge in [-0.25, -0.2) is 0 Å². The van der Waals surface area contributed by atoms with Gasteiger partial charge in [0.1, 0.15) is 6.04 Å². The monoisotopic (exact) mass is 264 g/mol. The van der Waals surface area contributed by atoms with E-state index in [2.05, 4.69) is 32.9 Å². The van der Waals surface area contributed by atoms with Crippen molar-refractivity contribution in [3.05, 3.63) is 34.4 Å². The molecule has 1 atom stereocenters. The standard InChI is InChI=1S/C15H24N2O2/c1-10-7-11(2)13(12(3)8-10)5-6-17(4)15(19)14(16)9-18/h7-8,14,18H,5-6,9,16H2,1-4H3. The van der Waals surface area contributed by atoms with Crippen molar-refractivity contribution < 1.29 is 9.90 Å². The Morgan fingerprint density at radius 1 is 1.32 bits per heavy atom. The molecule has 0 radical (unpaired) electrons. The van der Waals surface area contributed by atoms with Gasteiger partial charge in [-0.05, 0) is 43.9 Å². The van der Waals surface area contributed by atoms with Crippen LogP contribution < -0.4 is 5.73 Å². The maximum absolute atomic E-state index is 11.8. The third-order valence-electron chi connectivity index (χ3n) is 3.43. The zero-order chi connectivity index (χ0) is 14.6. The van der Waals surface area contributed by atoms with Gasteiger partial charge in [-0.3, -0.25) is 4.79 Å². The smallest absolute Gasteiger partial charge is 0.241 e. The van der Waals surface area contributed by atoms with Gasteiger partial charge in [-0.15, -0.1) is 0 Å². The number of nitrogens with zero attached hydrogens (tertiary/aromatic N) is 1. The van der Waals surface area contributed by atoms with Gasteiger partial charge >= 0.3 is 0 Å². The summed E-state index contributed by atoms with van der Waals surface area (Å²) >= 11 is 0. The Labute approximate surface area is 115 Å². The molecule has 19 heavy (non-hydrogen) atoms. The predicted octanol–water partition coefficient (Wildman–Crippen LogP) is 0.932. The van der Waals surface area contributed by atoms with E-state index in [9.17, 15) is 4.79 Å². The number of rotatable bonds is 5. The Morgan fingerprint density at radius 3 is 2.32 bits per heavy atom. The summed E-state index contributed by atoms with van der Waals surface area (Å²) in [5, 5.41) is 8.89. The molecule has 0 aliphatic rings. The van der Waals surface area contributed by atoms with Crippen LogP contribution in [0.25, 0.3) is 0 Å². The summed E-state index contributed by atoms with van der Waals surface area (Å²) in [6, 6.07) is 3.50. The van der Waals surface area contributed by atoms with Gasteiger partial charge in [-0.1, -0.05) is 17.7 Å². The molecule has 4 heteroatoms. The molecule has 106 valence electrons. The SMILES string of the molecule is Cc1cc(C)c(CCN(C)C(=O)C(N)CO)c(C)c1. The fraction of sp³-hybridized carbons (Fsp3) is 0.533. The van der Waals surface area contributed by atoms with Gasteiger partial charge < -0.3 is 15.7 Å². The van der Waals surface area contributed by atoms with Crippen molar-refractivity contribution >= 4 is 5.91 Å². The number of aliphatic hydroxyl groups is 1. The lowest BCUT2D eigenvalue weighted by Gasteiger charge is -2.21. The Hall–Kier alpha value is -1.39. The first-order chi connectivity index (χ1) is 8.86. The molecule has 1 rings (SSSR count). The molecule has 1 aromatic rings. The first-order valence-corrected chi connectivity index (χ1v) is 6.55. The summed E-state index contributed by atoms with van der Waals surface area (Å²) in [6.45, 7) is 6.57. The van der Waals surface area contributed by atoms with Gasteiger partial charge in [0.2, 0.25) is 5.91 Å². The van der Waals surface area contributed by atoms with Crippen LogP contribution in [0.15, 0.2) is 12.1 Å². The van der Waals surface area contributed by atoms with Crippen LogP contribution in [0.5, 0.6) is 0 Å². The average Bonchev–Trinajstić information content (AvgIpc) is 2.35. The number of aliphatic hydroxyl groups excluding tert-OH is 1. The molecule has 0 heterocycles. The molecule has 0 bridgehead atoms. The van der Waals surface area contributed by atoms with Crippen molar-refractivity contribution in [1.82, 2.24) is 4.90 Å². The number of benzene rings is 1. The highest BCUT2D eigenvalue weighted by atomic mass is 16.3. The van der Waals surface area contributed by atoms with Crippen LogP contribution in [0.3, 0.4) is 0 Å². The van der Waals surface area contributed by atoms with Crippen LogP contribution in [0, 0.1) is 20.8 Å². The summed E-state index contributed by atoms with van der Waals surface area (Å²) in [7, 11) is 1.72. The molecular formula is C15H24N2O2. The van der Waals surface area contributed by atoms with Crippen molar-refractivity contribution in [1.29, 1.82) is 0 Å². The molecule has 0 spiro atoms. The minimum atomic E-state index is -0.815. The molecule has 0 saturated carbocycles. The highest BCUT2D eigenvalue weighted by Gasteiger charge is 2.17. The number of hydrogen-bond donors (Lipinski definition) is 2. The Kier molecular flexibility index (Phi) is 5.51. The van der Waals surface area contributed by atoms with E-state index in [4.69, 9.17) is 10.8 Å². The van der Waals surface area contributed by atoms with Crippen LogP contribution in [-0.4, -0.2) is 42.2 Å². The van der Waals surface area contributed by atoms with E-state index < -0.39 is 6.04 Å². The molecule has 4 nitrogen and oxygen atoms in total. The van der Waals surface area contributed by atoms with Gasteiger partial charge in [-0.2, -0.15) is 0 Å². The van der Waals surface area contributed by atoms with Crippen molar-refractivity contribution in [2.75, 3.05) is 20.2 Å². The highest BCUT2D eigenvalue weighted by molar-refractivity contribution is 5.81. The summed E-state index contributed by atoms with van der Waals surface area (Å²) in [5.41, 5.74) is 10.6. The molecule has 0 fully saturated rings. The minimum absolute atomic E-state index is 0.218. The molecular weight excluding hydrogens is 240 g/mol. The van der Waals surface area contributed by atoms with E-state index in [1.54, 1.807) is 11.9 Å². The van der Waals surface area contributed by atoms with Crippen LogP contribution in [0.4, 0.5) is 0 Å². The van der Waals surface area contributed by atoms with E-state index in [0.717, 1.165) is 6.42 Å². The maximum Gasteiger partial charge on any atom is 0.241 e. The van der Waals surface area contributed by atoms with Crippen molar-refractivity contribution in [2.24, 2.45) is 5.73 Å². The lowest BCUT2D eigenvalue weighted by Crippen LogP contribution is -2.44. The summed E-state index contributed by atoms with van der Waals surface area (Å²) in [4.78, 5) is 13.3. The molecule has 0 aliphatic carbocycles. The predicted molar refractivity (Wildman–Crippen MR) is 77.1 cm³/mol. The largest absolute Gasteiger partial charge is 0.394 e. The van der Waals surface area contributed by atoms with Gasteiger partial charge in [0, 0.05) is 13.6 Å². The number of carbonyl (C=O) groups is 1. The second-order valence-electron chi connectivity index (χ2n) is 5.18. The van der Waals surface area contributed by atoms with E-state index in [-0.39, 0.29) is 12.5 Å². The fourth-order valence-electron chi connectivity index (χ4n) is 2.36. The molecule has 0 saturated heterocycles. The normalized spacial score (nSPS) is 12.3. The maximum atomic E-state index is 11.8. The Balaban J connectivity index is 2.70. The van der Waals surface area contributed by atoms with Gasteiger partial charge in [0.25, 0.3) is 0 Å². The Bertz CT molecular complexity index is 434. The number of aryl methyl sites for hydroxylation is 3. The summed E-state index contributed by atoms with van der Waals surface area (Å²) in [6.07, 6.45) is 0.804. The average molecular weight is 264 g/mol. The molecule has 3 N–H and O–H groups in total. The molecule has 1 aromatic carbocycles. The lowest BCUT2D eigenvalue weighted by atomic mass is 9.97. The number of hydrogen-bond acceptors (Lipinski definition) is 3. The summed E-state index contributed by atoms with van der Waals surface area (Å²) in [5.74, 6) is -0.218. The quantitative estimate of drug-likeness (QED) is 0.831. The molecule has 1 amide bonds. The summed E-state index contributed by atoms with van der Waals surface area (Å²) < 4.78 is 0. The second-order valence-corrected chi connectivity index (χ2v) is 5.18. The van der Waals surface area contributed by atoms with Crippen LogP contribution >= 0.6 is 0 Å².